The van der Waals surface area contributed by atoms with Gasteiger partial charge >= 0.3 is 0 Å². The van der Waals surface area contributed by atoms with Crippen LogP contribution in [0, 0.1) is 6.92 Å². The molecule has 4 heteroatoms. The summed E-state index contributed by atoms with van der Waals surface area (Å²) < 4.78 is 7.17. The Kier molecular flexibility index (Phi) is 3.60. The van der Waals surface area contributed by atoms with Crippen LogP contribution in [0.5, 0.6) is 5.75 Å². The number of carbonyl (C=O) groups excluding carboxylic acids is 1. The van der Waals surface area contributed by atoms with E-state index in [1.54, 1.807) is 14.2 Å². The predicted molar refractivity (Wildman–Crippen MR) is 75.5 cm³/mol. The van der Waals surface area contributed by atoms with Gasteiger partial charge in [-0.2, -0.15) is 0 Å². The van der Waals surface area contributed by atoms with E-state index in [1.165, 1.54) is 0 Å². The Labute approximate surface area is 113 Å². The molecule has 0 aliphatic rings. The van der Waals surface area contributed by atoms with E-state index in [0.29, 0.717) is 5.56 Å². The number of carbonyl (C=O) groups is 1. The zero-order chi connectivity index (χ0) is 14.0. The normalized spacial score (nSPS) is 10.3. The first kappa shape index (κ1) is 13.2. The fraction of sp³-hybridized carbons (Fsp3) is 0.267. The summed E-state index contributed by atoms with van der Waals surface area (Å²) in [6, 6.07) is 9.72. The third-order valence-corrected chi connectivity index (χ3v) is 3.39. The maximum atomic E-state index is 11.8. The number of aromatic nitrogens is 1. The van der Waals surface area contributed by atoms with Crippen molar-refractivity contribution < 1.29 is 9.53 Å². The maximum absolute atomic E-state index is 11.8. The van der Waals surface area contributed by atoms with Gasteiger partial charge in [-0.1, -0.05) is 0 Å². The molecule has 1 aromatic carbocycles. The Bertz CT molecular complexity index is 597. The van der Waals surface area contributed by atoms with Gasteiger partial charge < -0.3 is 14.6 Å². The molecule has 0 aliphatic carbocycles. The number of amides is 1. The molecule has 0 radical (unpaired) electrons. The molecule has 0 bridgehead atoms. The zero-order valence-corrected chi connectivity index (χ0v) is 11.7. The summed E-state index contributed by atoms with van der Waals surface area (Å²) in [5, 5.41) is 2.66. The molecule has 2 aromatic rings. The minimum atomic E-state index is -0.0622. The van der Waals surface area contributed by atoms with Crippen LogP contribution in [-0.4, -0.2) is 24.6 Å². The topological polar surface area (TPSA) is 43.3 Å². The summed E-state index contributed by atoms with van der Waals surface area (Å²) in [4.78, 5) is 11.8. The second-order valence-electron chi connectivity index (χ2n) is 4.40. The van der Waals surface area contributed by atoms with Crippen molar-refractivity contribution in [2.45, 2.75) is 6.92 Å². The second kappa shape index (κ2) is 5.18. The Hall–Kier alpha value is -2.23. The molecular formula is C15H18N2O2. The zero-order valence-electron chi connectivity index (χ0n) is 11.7. The monoisotopic (exact) mass is 258 g/mol. The molecule has 0 saturated carbocycles. The average Bonchev–Trinajstić information content (AvgIpc) is 2.75. The van der Waals surface area contributed by atoms with E-state index in [1.807, 2.05) is 48.9 Å². The minimum absolute atomic E-state index is 0.0622. The summed E-state index contributed by atoms with van der Waals surface area (Å²) in [6.07, 6.45) is 0. The highest BCUT2D eigenvalue weighted by atomic mass is 16.5. The Balaban J connectivity index is 2.47. The van der Waals surface area contributed by atoms with Crippen LogP contribution >= 0.6 is 0 Å². The predicted octanol–water partition coefficient (Wildman–Crippen LogP) is 2.37. The SMILES string of the molecule is CNC(=O)c1cc(-c2ccc(OC)cc2)n(C)c1C. The standard InChI is InChI=1S/C15H18N2O2/c1-10-13(15(18)16-2)9-14(17(10)3)11-5-7-12(19-4)8-6-11/h5-9H,1-4H3,(H,16,18). The van der Waals surface area contributed by atoms with Crippen LogP contribution in [0.1, 0.15) is 16.1 Å². The number of nitrogens with one attached hydrogen (secondary N) is 1. The highest BCUT2D eigenvalue weighted by Gasteiger charge is 2.15. The van der Waals surface area contributed by atoms with Gasteiger partial charge in [0.05, 0.1) is 12.7 Å². The molecule has 2 rings (SSSR count). The third-order valence-electron chi connectivity index (χ3n) is 3.39. The first-order valence-corrected chi connectivity index (χ1v) is 6.11. The van der Waals surface area contributed by atoms with E-state index in [0.717, 1.165) is 22.7 Å². The quantitative estimate of drug-likeness (QED) is 0.918. The van der Waals surface area contributed by atoms with E-state index in [4.69, 9.17) is 4.74 Å². The van der Waals surface area contributed by atoms with Gasteiger partial charge in [-0.25, -0.2) is 0 Å². The van der Waals surface area contributed by atoms with Gasteiger partial charge in [0, 0.05) is 25.5 Å². The Morgan fingerprint density at radius 1 is 1.26 bits per heavy atom. The number of hydrogen-bond acceptors (Lipinski definition) is 2. The number of rotatable bonds is 3. The average molecular weight is 258 g/mol. The third kappa shape index (κ3) is 2.34. The van der Waals surface area contributed by atoms with Crippen LogP contribution in [0.3, 0.4) is 0 Å². The van der Waals surface area contributed by atoms with Crippen molar-refractivity contribution in [3.05, 3.63) is 41.6 Å². The van der Waals surface area contributed by atoms with Crippen molar-refractivity contribution in [3.8, 4) is 17.0 Å². The summed E-state index contributed by atoms with van der Waals surface area (Å²) >= 11 is 0. The van der Waals surface area contributed by atoms with Gasteiger partial charge in [-0.05, 0) is 42.8 Å². The largest absolute Gasteiger partial charge is 0.497 e. The van der Waals surface area contributed by atoms with E-state index >= 15 is 0 Å². The van der Waals surface area contributed by atoms with Gasteiger partial charge in [-0.15, -0.1) is 0 Å². The first-order valence-electron chi connectivity index (χ1n) is 6.11. The van der Waals surface area contributed by atoms with Gasteiger partial charge in [0.2, 0.25) is 0 Å². The molecule has 1 amide bonds. The highest BCUT2D eigenvalue weighted by Crippen LogP contribution is 2.26. The smallest absolute Gasteiger partial charge is 0.252 e. The lowest BCUT2D eigenvalue weighted by Crippen LogP contribution is -2.18. The van der Waals surface area contributed by atoms with Crippen LogP contribution in [0.15, 0.2) is 30.3 Å². The molecule has 0 spiro atoms. The second-order valence-corrected chi connectivity index (χ2v) is 4.40. The van der Waals surface area contributed by atoms with E-state index in [2.05, 4.69) is 5.32 Å². The number of methoxy groups -OCH3 is 1. The number of hydrogen-bond donors (Lipinski definition) is 1. The van der Waals surface area contributed by atoms with Crippen molar-refractivity contribution >= 4 is 5.91 Å². The Morgan fingerprint density at radius 3 is 2.42 bits per heavy atom. The first-order chi connectivity index (χ1) is 9.08. The molecule has 4 nitrogen and oxygen atoms in total. The maximum Gasteiger partial charge on any atom is 0.252 e. The lowest BCUT2D eigenvalue weighted by atomic mass is 10.1. The lowest BCUT2D eigenvalue weighted by molar-refractivity contribution is 0.0962. The molecule has 0 atom stereocenters. The summed E-state index contributed by atoms with van der Waals surface area (Å²) in [6.45, 7) is 1.94. The molecule has 0 saturated heterocycles. The molecule has 100 valence electrons. The van der Waals surface area contributed by atoms with E-state index in [9.17, 15) is 4.79 Å². The van der Waals surface area contributed by atoms with Gasteiger partial charge in [0.15, 0.2) is 0 Å². The van der Waals surface area contributed by atoms with Crippen molar-refractivity contribution in [2.75, 3.05) is 14.2 Å². The van der Waals surface area contributed by atoms with Crippen LogP contribution in [0.25, 0.3) is 11.3 Å². The summed E-state index contributed by atoms with van der Waals surface area (Å²) in [5.41, 5.74) is 3.72. The summed E-state index contributed by atoms with van der Waals surface area (Å²) in [7, 11) is 5.24. The van der Waals surface area contributed by atoms with Crippen LogP contribution in [0.2, 0.25) is 0 Å². The van der Waals surface area contributed by atoms with Crippen molar-refractivity contribution in [3.63, 3.8) is 0 Å². The number of benzene rings is 1. The fourth-order valence-electron chi connectivity index (χ4n) is 2.10. The van der Waals surface area contributed by atoms with E-state index in [-0.39, 0.29) is 5.91 Å². The Morgan fingerprint density at radius 2 is 1.89 bits per heavy atom. The molecule has 1 aromatic heterocycles. The van der Waals surface area contributed by atoms with Crippen LogP contribution < -0.4 is 10.1 Å². The lowest BCUT2D eigenvalue weighted by Gasteiger charge is -2.06. The molecule has 1 N–H and O–H groups in total. The summed E-state index contributed by atoms with van der Waals surface area (Å²) in [5.74, 6) is 0.758. The molecule has 0 unspecified atom stereocenters. The van der Waals surface area contributed by atoms with Gasteiger partial charge in [-0.3, -0.25) is 4.79 Å². The van der Waals surface area contributed by atoms with Gasteiger partial charge in [0.25, 0.3) is 5.91 Å². The fourth-order valence-corrected chi connectivity index (χ4v) is 2.10. The molecule has 0 fully saturated rings. The van der Waals surface area contributed by atoms with Crippen molar-refractivity contribution in [2.24, 2.45) is 7.05 Å². The molecule has 0 aliphatic heterocycles. The van der Waals surface area contributed by atoms with E-state index < -0.39 is 0 Å². The molecular weight excluding hydrogens is 240 g/mol. The van der Waals surface area contributed by atoms with Crippen LogP contribution in [-0.2, 0) is 7.05 Å². The van der Waals surface area contributed by atoms with Crippen LogP contribution in [0.4, 0.5) is 0 Å². The molecule has 1 heterocycles. The van der Waals surface area contributed by atoms with Crippen molar-refractivity contribution in [1.82, 2.24) is 9.88 Å². The van der Waals surface area contributed by atoms with Crippen molar-refractivity contribution in [1.29, 1.82) is 0 Å². The highest BCUT2D eigenvalue weighted by molar-refractivity contribution is 5.96. The number of nitrogens with zero attached hydrogens (tertiary/aromatic N) is 1. The molecule has 19 heavy (non-hydrogen) atoms. The number of ether oxygens (including phenoxy) is 1. The minimum Gasteiger partial charge on any atom is -0.497 e. The van der Waals surface area contributed by atoms with Gasteiger partial charge in [0.1, 0.15) is 5.75 Å².